The fourth-order valence-corrected chi connectivity index (χ4v) is 1.70. The molecule has 90 valence electrons. The molecule has 1 heterocycles. The van der Waals surface area contributed by atoms with Gasteiger partial charge in [-0.25, -0.2) is 4.98 Å². The third-order valence-corrected chi connectivity index (χ3v) is 2.81. The lowest BCUT2D eigenvalue weighted by Gasteiger charge is -2.10. The Bertz CT molecular complexity index is 510. The third kappa shape index (κ3) is 2.53. The van der Waals surface area contributed by atoms with E-state index in [1.54, 1.807) is 19.4 Å². The number of benzene rings is 1. The van der Waals surface area contributed by atoms with Crippen LogP contribution < -0.4 is 10.1 Å². The first kappa shape index (κ1) is 11.8. The van der Waals surface area contributed by atoms with Crippen molar-refractivity contribution in [2.45, 2.75) is 13.5 Å². The van der Waals surface area contributed by atoms with Crippen LogP contribution >= 0.6 is 11.6 Å². The molecule has 0 spiro atoms. The normalized spacial score (nSPS) is 10.3. The summed E-state index contributed by atoms with van der Waals surface area (Å²) in [6, 6.07) is 5.46. The Morgan fingerprint density at radius 1 is 1.47 bits per heavy atom. The minimum absolute atomic E-state index is 0.636. The van der Waals surface area contributed by atoms with Crippen LogP contribution in [0.4, 0.5) is 11.6 Å². The largest absolute Gasteiger partial charge is 0.497 e. The summed E-state index contributed by atoms with van der Waals surface area (Å²) in [7, 11) is 1.63. The summed E-state index contributed by atoms with van der Waals surface area (Å²) in [5.74, 6) is 1.52. The molecule has 0 radical (unpaired) electrons. The zero-order valence-corrected chi connectivity index (χ0v) is 10.5. The monoisotopic (exact) mass is 251 g/mol. The van der Waals surface area contributed by atoms with Crippen LogP contribution in [0.5, 0.6) is 5.75 Å². The van der Waals surface area contributed by atoms with Crippen molar-refractivity contribution in [3.05, 3.63) is 35.6 Å². The van der Waals surface area contributed by atoms with Gasteiger partial charge in [0.2, 0.25) is 5.95 Å². The zero-order chi connectivity index (χ0) is 12.3. The van der Waals surface area contributed by atoms with E-state index in [4.69, 9.17) is 16.3 Å². The summed E-state index contributed by atoms with van der Waals surface area (Å²) in [5.41, 5.74) is 0.784. The van der Waals surface area contributed by atoms with Crippen LogP contribution in [0.1, 0.15) is 6.92 Å². The van der Waals surface area contributed by atoms with E-state index >= 15 is 0 Å². The van der Waals surface area contributed by atoms with Crippen molar-refractivity contribution in [2.75, 3.05) is 12.4 Å². The van der Waals surface area contributed by atoms with Gasteiger partial charge in [-0.05, 0) is 19.1 Å². The smallest absolute Gasteiger partial charge is 0.207 e. The summed E-state index contributed by atoms with van der Waals surface area (Å²) in [5, 5.41) is 3.82. The summed E-state index contributed by atoms with van der Waals surface area (Å²) < 4.78 is 7.16. The maximum atomic E-state index is 6.11. The van der Waals surface area contributed by atoms with Crippen LogP contribution in [0.15, 0.2) is 30.6 Å². The van der Waals surface area contributed by atoms with Gasteiger partial charge in [-0.15, -0.1) is 0 Å². The van der Waals surface area contributed by atoms with Gasteiger partial charge in [0.05, 0.1) is 17.8 Å². The molecule has 0 saturated carbocycles. The van der Waals surface area contributed by atoms with Gasteiger partial charge in [0, 0.05) is 25.0 Å². The molecule has 0 fully saturated rings. The molecule has 0 bridgehead atoms. The number of hydrogen-bond donors (Lipinski definition) is 1. The fourth-order valence-electron chi connectivity index (χ4n) is 1.54. The number of aryl methyl sites for hydroxylation is 1. The fraction of sp³-hybridized carbons (Fsp3) is 0.250. The molecule has 1 aromatic carbocycles. The first-order valence-corrected chi connectivity index (χ1v) is 5.74. The van der Waals surface area contributed by atoms with Crippen LogP contribution in [0.25, 0.3) is 0 Å². The van der Waals surface area contributed by atoms with Crippen molar-refractivity contribution in [1.29, 1.82) is 0 Å². The maximum Gasteiger partial charge on any atom is 0.207 e. The van der Waals surface area contributed by atoms with Gasteiger partial charge in [0.25, 0.3) is 0 Å². The lowest BCUT2D eigenvalue weighted by Crippen LogP contribution is -2.01. The molecule has 0 aliphatic carbocycles. The van der Waals surface area contributed by atoms with Crippen molar-refractivity contribution >= 4 is 23.2 Å². The number of nitrogens with zero attached hydrogens (tertiary/aromatic N) is 2. The molecule has 0 unspecified atom stereocenters. The van der Waals surface area contributed by atoms with Gasteiger partial charge in [0.1, 0.15) is 5.75 Å². The lowest BCUT2D eigenvalue weighted by molar-refractivity contribution is 0.415. The second kappa shape index (κ2) is 5.10. The molecule has 0 aliphatic rings. The van der Waals surface area contributed by atoms with Crippen LogP contribution in [-0.4, -0.2) is 16.7 Å². The number of halogens is 1. The molecular formula is C12H14ClN3O. The Balaban J connectivity index is 2.29. The van der Waals surface area contributed by atoms with Gasteiger partial charge in [-0.3, -0.25) is 0 Å². The van der Waals surface area contributed by atoms with E-state index in [0.29, 0.717) is 5.02 Å². The Morgan fingerprint density at radius 3 is 3.00 bits per heavy atom. The highest BCUT2D eigenvalue weighted by Gasteiger charge is 2.06. The quantitative estimate of drug-likeness (QED) is 0.906. The number of ether oxygens (including phenoxy) is 1. The average Bonchev–Trinajstić information content (AvgIpc) is 2.79. The molecule has 0 saturated heterocycles. The Morgan fingerprint density at radius 2 is 2.29 bits per heavy atom. The van der Waals surface area contributed by atoms with E-state index in [1.807, 2.05) is 22.9 Å². The number of nitrogens with one attached hydrogen (secondary N) is 1. The molecule has 5 heteroatoms. The van der Waals surface area contributed by atoms with Crippen molar-refractivity contribution in [1.82, 2.24) is 9.55 Å². The molecule has 0 atom stereocenters. The molecule has 0 amide bonds. The lowest BCUT2D eigenvalue weighted by atomic mass is 10.3. The highest BCUT2D eigenvalue weighted by atomic mass is 35.5. The number of aromatic nitrogens is 2. The third-order valence-electron chi connectivity index (χ3n) is 2.48. The summed E-state index contributed by atoms with van der Waals surface area (Å²) >= 11 is 6.11. The van der Waals surface area contributed by atoms with E-state index in [2.05, 4.69) is 17.2 Å². The van der Waals surface area contributed by atoms with Gasteiger partial charge in [-0.2, -0.15) is 0 Å². The van der Waals surface area contributed by atoms with Crippen molar-refractivity contribution < 1.29 is 4.74 Å². The zero-order valence-electron chi connectivity index (χ0n) is 9.77. The molecule has 1 N–H and O–H groups in total. The topological polar surface area (TPSA) is 39.1 Å². The predicted molar refractivity (Wildman–Crippen MR) is 69.2 cm³/mol. The summed E-state index contributed by atoms with van der Waals surface area (Å²) in [6.07, 6.45) is 3.66. The second-order valence-electron chi connectivity index (χ2n) is 3.51. The standard InChI is InChI=1S/C12H14ClN3O/c1-3-16-7-6-14-12(16)15-11-8-9(17-2)4-5-10(11)13/h4-8H,3H2,1-2H3,(H,14,15). The molecule has 2 rings (SSSR count). The van der Waals surface area contributed by atoms with E-state index in [0.717, 1.165) is 23.9 Å². The Labute approximate surface area is 105 Å². The van der Waals surface area contributed by atoms with E-state index in [-0.39, 0.29) is 0 Å². The molecule has 0 aliphatic heterocycles. The molecular weight excluding hydrogens is 238 g/mol. The van der Waals surface area contributed by atoms with Gasteiger partial charge in [0.15, 0.2) is 0 Å². The number of rotatable bonds is 4. The maximum absolute atomic E-state index is 6.11. The summed E-state index contributed by atoms with van der Waals surface area (Å²) in [6.45, 7) is 2.91. The molecule has 4 nitrogen and oxygen atoms in total. The van der Waals surface area contributed by atoms with Crippen molar-refractivity contribution in [2.24, 2.45) is 0 Å². The van der Waals surface area contributed by atoms with Crippen LogP contribution in [0, 0.1) is 0 Å². The van der Waals surface area contributed by atoms with Crippen LogP contribution in [0.2, 0.25) is 5.02 Å². The van der Waals surface area contributed by atoms with Crippen molar-refractivity contribution in [3.8, 4) is 5.75 Å². The first-order chi connectivity index (χ1) is 8.24. The van der Waals surface area contributed by atoms with Gasteiger partial charge < -0.3 is 14.6 Å². The van der Waals surface area contributed by atoms with E-state index in [1.165, 1.54) is 0 Å². The number of methoxy groups -OCH3 is 1. The predicted octanol–water partition coefficient (Wildman–Crippen LogP) is 3.31. The minimum Gasteiger partial charge on any atom is -0.497 e. The van der Waals surface area contributed by atoms with Crippen LogP contribution in [0.3, 0.4) is 0 Å². The Hall–Kier alpha value is -1.68. The van der Waals surface area contributed by atoms with Crippen LogP contribution in [-0.2, 0) is 6.54 Å². The molecule has 1 aromatic heterocycles. The second-order valence-corrected chi connectivity index (χ2v) is 3.91. The first-order valence-electron chi connectivity index (χ1n) is 5.36. The van der Waals surface area contributed by atoms with Gasteiger partial charge in [-0.1, -0.05) is 11.6 Å². The van der Waals surface area contributed by atoms with E-state index < -0.39 is 0 Å². The molecule has 2 aromatic rings. The summed E-state index contributed by atoms with van der Waals surface area (Å²) in [4.78, 5) is 4.23. The molecule has 17 heavy (non-hydrogen) atoms. The minimum atomic E-state index is 0.636. The van der Waals surface area contributed by atoms with Crippen molar-refractivity contribution in [3.63, 3.8) is 0 Å². The van der Waals surface area contributed by atoms with E-state index in [9.17, 15) is 0 Å². The van der Waals surface area contributed by atoms with Gasteiger partial charge >= 0.3 is 0 Å². The highest BCUT2D eigenvalue weighted by Crippen LogP contribution is 2.28. The Kier molecular flexibility index (Phi) is 3.54. The SMILES string of the molecule is CCn1ccnc1Nc1cc(OC)ccc1Cl. The number of anilines is 2. The highest BCUT2D eigenvalue weighted by molar-refractivity contribution is 6.33. The number of imidazole rings is 1. The number of hydrogen-bond acceptors (Lipinski definition) is 3. The average molecular weight is 252 g/mol.